The topological polar surface area (TPSA) is 55.0 Å². The van der Waals surface area contributed by atoms with E-state index >= 15 is 0 Å². The first kappa shape index (κ1) is 10.6. The Morgan fingerprint density at radius 3 is 2.50 bits per heavy atom. The van der Waals surface area contributed by atoms with Crippen LogP contribution < -0.4 is 0 Å². The minimum absolute atomic E-state index is 0.0316. The molecule has 1 aromatic heterocycles. The van der Waals surface area contributed by atoms with Gasteiger partial charge in [-0.25, -0.2) is 4.79 Å². The van der Waals surface area contributed by atoms with Gasteiger partial charge in [-0.2, -0.15) is 18.3 Å². The van der Waals surface area contributed by atoms with Crippen LogP contribution in [-0.4, -0.2) is 23.3 Å². The summed E-state index contributed by atoms with van der Waals surface area (Å²) in [5, 5.41) is 5.09. The monoisotopic (exact) mass is 208 g/mol. The number of hydrogen-bond acceptors (Lipinski definition) is 3. The van der Waals surface area contributed by atoms with E-state index in [1.807, 2.05) is 0 Å². The summed E-state index contributed by atoms with van der Waals surface area (Å²) < 4.78 is 41.0. The normalized spacial score (nSPS) is 11.5. The summed E-state index contributed by atoms with van der Waals surface area (Å²) in [7, 11) is 1.01. The quantitative estimate of drug-likeness (QED) is 0.712. The molecule has 1 aromatic rings. The number of alkyl halides is 3. The van der Waals surface area contributed by atoms with Gasteiger partial charge in [-0.1, -0.05) is 0 Å². The van der Waals surface area contributed by atoms with E-state index < -0.39 is 23.4 Å². The lowest BCUT2D eigenvalue weighted by Gasteiger charge is -2.04. The number of aryl methyl sites for hydroxylation is 1. The Morgan fingerprint density at radius 2 is 2.07 bits per heavy atom. The molecule has 0 saturated carbocycles. The fourth-order valence-corrected chi connectivity index (χ4v) is 0.986. The third kappa shape index (κ3) is 1.70. The Labute approximate surface area is 77.1 Å². The van der Waals surface area contributed by atoms with Gasteiger partial charge in [0, 0.05) is 5.69 Å². The highest BCUT2D eigenvalue weighted by atomic mass is 19.4. The Kier molecular flexibility index (Phi) is 2.50. The third-order valence-corrected chi connectivity index (χ3v) is 1.61. The van der Waals surface area contributed by atoms with Crippen LogP contribution in [0.2, 0.25) is 0 Å². The number of aromatic nitrogens is 2. The maximum Gasteiger partial charge on any atom is 0.436 e. The molecular weight excluding hydrogens is 201 g/mol. The molecule has 0 aliphatic rings. The molecule has 0 unspecified atom stereocenters. The van der Waals surface area contributed by atoms with Gasteiger partial charge in [0.15, 0.2) is 5.69 Å². The zero-order chi connectivity index (χ0) is 10.9. The van der Waals surface area contributed by atoms with Gasteiger partial charge in [-0.3, -0.25) is 5.10 Å². The zero-order valence-corrected chi connectivity index (χ0v) is 7.40. The first-order chi connectivity index (χ1) is 6.38. The van der Waals surface area contributed by atoms with Crippen molar-refractivity contribution in [1.82, 2.24) is 10.2 Å². The molecule has 0 saturated heterocycles. The van der Waals surface area contributed by atoms with Gasteiger partial charge in [0.05, 0.1) is 7.11 Å². The number of carbonyl (C=O) groups is 1. The number of rotatable bonds is 1. The Hall–Kier alpha value is -1.53. The van der Waals surface area contributed by atoms with Gasteiger partial charge in [0.2, 0.25) is 0 Å². The van der Waals surface area contributed by atoms with Crippen molar-refractivity contribution in [2.45, 2.75) is 13.1 Å². The molecule has 0 aromatic carbocycles. The lowest BCUT2D eigenvalue weighted by atomic mass is 10.2. The van der Waals surface area contributed by atoms with Gasteiger partial charge in [0.25, 0.3) is 0 Å². The molecule has 0 bridgehead atoms. The van der Waals surface area contributed by atoms with Crippen molar-refractivity contribution in [3.63, 3.8) is 0 Å². The first-order valence-electron chi connectivity index (χ1n) is 3.58. The second-order valence-electron chi connectivity index (χ2n) is 2.56. The first-order valence-corrected chi connectivity index (χ1v) is 3.58. The lowest BCUT2D eigenvalue weighted by molar-refractivity contribution is -0.141. The number of H-pyrrole nitrogens is 1. The average molecular weight is 208 g/mol. The molecule has 78 valence electrons. The minimum atomic E-state index is -4.66. The third-order valence-electron chi connectivity index (χ3n) is 1.61. The highest BCUT2D eigenvalue weighted by molar-refractivity contribution is 5.91. The maximum atomic E-state index is 12.3. The largest absolute Gasteiger partial charge is 0.465 e. The fraction of sp³-hybridized carbons (Fsp3) is 0.429. The van der Waals surface area contributed by atoms with Crippen LogP contribution in [0.25, 0.3) is 0 Å². The molecule has 7 heteroatoms. The van der Waals surface area contributed by atoms with Gasteiger partial charge in [-0.05, 0) is 6.92 Å². The van der Waals surface area contributed by atoms with Crippen molar-refractivity contribution < 1.29 is 22.7 Å². The predicted molar refractivity (Wildman–Crippen MR) is 39.7 cm³/mol. The second-order valence-corrected chi connectivity index (χ2v) is 2.56. The van der Waals surface area contributed by atoms with E-state index in [0.717, 1.165) is 7.11 Å². The number of ether oxygens (including phenoxy) is 1. The molecule has 1 rings (SSSR count). The van der Waals surface area contributed by atoms with Crippen LogP contribution in [0.1, 0.15) is 21.7 Å². The van der Waals surface area contributed by atoms with Gasteiger partial charge >= 0.3 is 12.1 Å². The summed E-state index contributed by atoms with van der Waals surface area (Å²) in [6.07, 6.45) is -4.66. The molecule has 1 N–H and O–H groups in total. The molecule has 0 radical (unpaired) electrons. The number of nitrogens with one attached hydrogen (secondary N) is 1. The Morgan fingerprint density at radius 1 is 1.50 bits per heavy atom. The molecule has 0 spiro atoms. The van der Waals surface area contributed by atoms with Crippen molar-refractivity contribution in [2.75, 3.05) is 7.11 Å². The minimum Gasteiger partial charge on any atom is -0.465 e. The number of nitrogens with zero attached hydrogens (tertiary/aromatic N) is 1. The molecule has 1 heterocycles. The molecule has 14 heavy (non-hydrogen) atoms. The summed E-state index contributed by atoms with van der Waals surface area (Å²) >= 11 is 0. The summed E-state index contributed by atoms with van der Waals surface area (Å²) in [5.74, 6) is -1.05. The standard InChI is InChI=1S/C7H7F3N2O2/c1-3-4(6(13)14-2)5(12-11-3)7(8,9)10/h1-2H3,(H,11,12). The highest BCUT2D eigenvalue weighted by Gasteiger charge is 2.39. The van der Waals surface area contributed by atoms with E-state index in [4.69, 9.17) is 0 Å². The summed E-state index contributed by atoms with van der Waals surface area (Å²) in [5.41, 5.74) is -1.79. The predicted octanol–water partition coefficient (Wildman–Crippen LogP) is 1.52. The number of esters is 1. The van der Waals surface area contributed by atoms with Crippen molar-refractivity contribution in [3.05, 3.63) is 17.0 Å². The van der Waals surface area contributed by atoms with Gasteiger partial charge < -0.3 is 4.74 Å². The van der Waals surface area contributed by atoms with Crippen LogP contribution in [0.5, 0.6) is 0 Å². The molecule has 0 fully saturated rings. The van der Waals surface area contributed by atoms with Gasteiger partial charge in [0.1, 0.15) is 5.56 Å². The van der Waals surface area contributed by atoms with E-state index in [1.54, 1.807) is 0 Å². The Bertz CT molecular complexity index is 356. The highest BCUT2D eigenvalue weighted by Crippen LogP contribution is 2.31. The van der Waals surface area contributed by atoms with Crippen molar-refractivity contribution in [1.29, 1.82) is 0 Å². The van der Waals surface area contributed by atoms with Crippen LogP contribution in [0, 0.1) is 6.92 Å². The summed E-state index contributed by atoms with van der Waals surface area (Å²) in [4.78, 5) is 11.0. The van der Waals surface area contributed by atoms with E-state index in [-0.39, 0.29) is 5.69 Å². The number of methoxy groups -OCH3 is 1. The van der Waals surface area contributed by atoms with E-state index in [9.17, 15) is 18.0 Å². The molecule has 0 aliphatic carbocycles. The van der Waals surface area contributed by atoms with E-state index in [1.165, 1.54) is 6.92 Å². The fourth-order valence-electron chi connectivity index (χ4n) is 0.986. The van der Waals surface area contributed by atoms with Gasteiger partial charge in [-0.15, -0.1) is 0 Å². The Balaban J connectivity index is 3.26. The van der Waals surface area contributed by atoms with Crippen LogP contribution in [0.15, 0.2) is 0 Å². The van der Waals surface area contributed by atoms with Crippen molar-refractivity contribution in [3.8, 4) is 0 Å². The molecule has 0 atom stereocenters. The van der Waals surface area contributed by atoms with Crippen LogP contribution in [0.4, 0.5) is 13.2 Å². The summed E-state index contributed by atoms with van der Waals surface area (Å²) in [6.45, 7) is 1.31. The number of carbonyl (C=O) groups excluding carboxylic acids is 1. The van der Waals surface area contributed by atoms with Crippen LogP contribution in [-0.2, 0) is 10.9 Å². The maximum absolute atomic E-state index is 12.3. The number of halogens is 3. The smallest absolute Gasteiger partial charge is 0.436 e. The molecule has 0 amide bonds. The molecule has 4 nitrogen and oxygen atoms in total. The number of aromatic amines is 1. The summed E-state index contributed by atoms with van der Waals surface area (Å²) in [6, 6.07) is 0. The molecule has 0 aliphatic heterocycles. The van der Waals surface area contributed by atoms with E-state index in [2.05, 4.69) is 14.9 Å². The second kappa shape index (κ2) is 3.32. The van der Waals surface area contributed by atoms with Crippen LogP contribution in [0.3, 0.4) is 0 Å². The SMILES string of the molecule is COC(=O)c1c(C(F)(F)F)n[nH]c1C. The average Bonchev–Trinajstić information content (AvgIpc) is 2.45. The zero-order valence-electron chi connectivity index (χ0n) is 7.40. The van der Waals surface area contributed by atoms with Crippen molar-refractivity contribution in [2.24, 2.45) is 0 Å². The van der Waals surface area contributed by atoms with Crippen LogP contribution >= 0.6 is 0 Å². The number of hydrogen-bond donors (Lipinski definition) is 1. The molecular formula is C7H7F3N2O2. The lowest BCUT2D eigenvalue weighted by Crippen LogP contribution is -2.13. The van der Waals surface area contributed by atoms with Crippen molar-refractivity contribution >= 4 is 5.97 Å². The van der Waals surface area contributed by atoms with E-state index in [0.29, 0.717) is 0 Å².